The summed E-state index contributed by atoms with van der Waals surface area (Å²) < 4.78 is 10.7. The van der Waals surface area contributed by atoms with Crippen molar-refractivity contribution in [3.8, 4) is 0 Å². The minimum atomic E-state index is -0.402. The quantitative estimate of drug-likeness (QED) is 0.862. The van der Waals surface area contributed by atoms with Crippen molar-refractivity contribution < 1.29 is 19.1 Å². The summed E-state index contributed by atoms with van der Waals surface area (Å²) in [7, 11) is 0. The van der Waals surface area contributed by atoms with Crippen LogP contribution >= 0.6 is 0 Å². The Bertz CT molecular complexity index is 661. The number of aliphatic hydroxyl groups is 1. The van der Waals surface area contributed by atoms with Crippen molar-refractivity contribution in [2.45, 2.75) is 52.1 Å². The number of furan rings is 1. The van der Waals surface area contributed by atoms with Crippen molar-refractivity contribution in [3.05, 3.63) is 35.8 Å². The van der Waals surface area contributed by atoms with Crippen LogP contribution in [0.4, 0.5) is 0 Å². The van der Waals surface area contributed by atoms with Crippen LogP contribution in [0.15, 0.2) is 34.7 Å². The molecule has 0 radical (unpaired) electrons. The first-order chi connectivity index (χ1) is 11.5. The van der Waals surface area contributed by atoms with Crippen LogP contribution in [0.1, 0.15) is 45.1 Å². The van der Waals surface area contributed by atoms with Crippen molar-refractivity contribution in [1.82, 2.24) is 0 Å². The molecule has 130 valence electrons. The smallest absolute Gasteiger partial charge is 0.334 e. The fourth-order valence-corrected chi connectivity index (χ4v) is 5.63. The average molecular weight is 330 g/mol. The van der Waals surface area contributed by atoms with E-state index in [0.29, 0.717) is 18.9 Å². The van der Waals surface area contributed by atoms with Crippen LogP contribution in [-0.2, 0) is 16.0 Å². The second-order valence-electron chi connectivity index (χ2n) is 8.21. The highest BCUT2D eigenvalue weighted by Crippen LogP contribution is 2.63. The third-order valence-corrected chi connectivity index (χ3v) is 7.15. The highest BCUT2D eigenvalue weighted by Gasteiger charge is 2.63. The van der Waals surface area contributed by atoms with Crippen molar-refractivity contribution in [3.63, 3.8) is 0 Å². The lowest BCUT2D eigenvalue weighted by Gasteiger charge is -2.58. The van der Waals surface area contributed by atoms with E-state index in [1.54, 1.807) is 12.5 Å². The Morgan fingerprint density at radius 2 is 2.25 bits per heavy atom. The largest absolute Gasteiger partial charge is 0.472 e. The van der Waals surface area contributed by atoms with Gasteiger partial charge in [-0.15, -0.1) is 0 Å². The van der Waals surface area contributed by atoms with Gasteiger partial charge in [-0.3, -0.25) is 0 Å². The normalized spacial score (nSPS) is 41.4. The lowest BCUT2D eigenvalue weighted by atomic mass is 9.46. The number of cyclic esters (lactones) is 1. The molecule has 24 heavy (non-hydrogen) atoms. The number of carbonyl (C=O) groups excluding carboxylic acids is 1. The molecule has 1 spiro atoms. The Balaban J connectivity index is 1.70. The summed E-state index contributed by atoms with van der Waals surface area (Å²) in [6, 6.07) is 2.01. The second kappa shape index (κ2) is 5.48. The fourth-order valence-electron chi connectivity index (χ4n) is 5.63. The Labute approximate surface area is 142 Å². The third-order valence-electron chi connectivity index (χ3n) is 7.15. The summed E-state index contributed by atoms with van der Waals surface area (Å²) in [6.07, 6.45) is 9.53. The predicted molar refractivity (Wildman–Crippen MR) is 89.1 cm³/mol. The Morgan fingerprint density at radius 3 is 3.00 bits per heavy atom. The van der Waals surface area contributed by atoms with E-state index >= 15 is 0 Å². The highest BCUT2D eigenvalue weighted by molar-refractivity contribution is 5.92. The number of aryl methyl sites for hydroxylation is 1. The van der Waals surface area contributed by atoms with Crippen LogP contribution in [0.5, 0.6) is 0 Å². The van der Waals surface area contributed by atoms with Crippen LogP contribution < -0.4 is 0 Å². The van der Waals surface area contributed by atoms with E-state index < -0.39 is 6.10 Å². The van der Waals surface area contributed by atoms with E-state index in [9.17, 15) is 9.90 Å². The number of ether oxygens (including phenoxy) is 1. The minimum absolute atomic E-state index is 0.0254. The molecule has 1 unspecified atom stereocenters. The molecule has 1 aliphatic heterocycles. The van der Waals surface area contributed by atoms with Crippen molar-refractivity contribution in [2.75, 3.05) is 6.61 Å². The first kappa shape index (κ1) is 15.9. The topological polar surface area (TPSA) is 59.7 Å². The molecule has 2 heterocycles. The van der Waals surface area contributed by atoms with Gasteiger partial charge in [0.25, 0.3) is 0 Å². The standard InChI is InChI=1S/C20H26O4/c1-13-5-9-20-12-24-18(22)15(20)3-4-16(21)17(20)19(13,2)8-6-14-7-10-23-11-14/h3,7,10-11,13,16-17,21H,4-6,8-9,12H2,1-2H3/t13-,16+,17?,19+,20-/m1/s1. The van der Waals surface area contributed by atoms with E-state index in [4.69, 9.17) is 9.15 Å². The SMILES string of the molecule is C[C@@H]1CC[C@@]23COC(=O)C2=CC[C@H](O)C3[C@@]1(C)CCc1ccoc1. The summed E-state index contributed by atoms with van der Waals surface area (Å²) in [5.74, 6) is 0.412. The zero-order valence-electron chi connectivity index (χ0n) is 14.5. The lowest BCUT2D eigenvalue weighted by Crippen LogP contribution is -2.56. The first-order valence-electron chi connectivity index (χ1n) is 9.04. The molecule has 1 N–H and O–H groups in total. The Morgan fingerprint density at radius 1 is 1.42 bits per heavy atom. The molecule has 4 rings (SSSR count). The number of hydrogen-bond acceptors (Lipinski definition) is 4. The monoisotopic (exact) mass is 330 g/mol. The van der Waals surface area contributed by atoms with Gasteiger partial charge in [0.05, 0.1) is 18.6 Å². The molecule has 5 atom stereocenters. The predicted octanol–water partition coefficient (Wildman–Crippen LogP) is 3.50. The van der Waals surface area contributed by atoms with E-state index in [0.717, 1.165) is 31.3 Å². The van der Waals surface area contributed by atoms with Crippen molar-refractivity contribution in [1.29, 1.82) is 0 Å². The number of carbonyl (C=O) groups is 1. The molecule has 0 bridgehead atoms. The van der Waals surface area contributed by atoms with Crippen LogP contribution in [0.3, 0.4) is 0 Å². The van der Waals surface area contributed by atoms with Gasteiger partial charge >= 0.3 is 5.97 Å². The second-order valence-corrected chi connectivity index (χ2v) is 8.21. The molecule has 2 aliphatic carbocycles. The lowest BCUT2D eigenvalue weighted by molar-refractivity contribution is -0.137. The van der Waals surface area contributed by atoms with E-state index in [1.165, 1.54) is 5.56 Å². The van der Waals surface area contributed by atoms with Gasteiger partial charge in [0.15, 0.2) is 0 Å². The van der Waals surface area contributed by atoms with Gasteiger partial charge < -0.3 is 14.3 Å². The molecular weight excluding hydrogens is 304 g/mol. The van der Waals surface area contributed by atoms with Gasteiger partial charge in [0, 0.05) is 16.9 Å². The van der Waals surface area contributed by atoms with Gasteiger partial charge in [0.2, 0.25) is 0 Å². The maximum atomic E-state index is 12.2. The zero-order chi connectivity index (χ0) is 16.9. The highest BCUT2D eigenvalue weighted by atomic mass is 16.5. The molecule has 1 aromatic rings. The number of aliphatic hydroxyl groups excluding tert-OH is 1. The maximum absolute atomic E-state index is 12.2. The number of esters is 1. The van der Waals surface area contributed by atoms with Crippen LogP contribution in [-0.4, -0.2) is 23.8 Å². The fraction of sp³-hybridized carbons (Fsp3) is 0.650. The molecule has 4 heteroatoms. The molecule has 0 aromatic carbocycles. The molecule has 2 fully saturated rings. The molecule has 3 aliphatic rings. The molecule has 0 amide bonds. The first-order valence-corrected chi connectivity index (χ1v) is 9.04. The van der Waals surface area contributed by atoms with Gasteiger partial charge in [-0.2, -0.15) is 0 Å². The minimum Gasteiger partial charge on any atom is -0.472 e. The van der Waals surface area contributed by atoms with Gasteiger partial charge in [-0.05, 0) is 55.1 Å². The van der Waals surface area contributed by atoms with E-state index in [1.807, 2.05) is 12.1 Å². The molecule has 1 saturated heterocycles. The third kappa shape index (κ3) is 2.12. The van der Waals surface area contributed by atoms with Gasteiger partial charge in [-0.1, -0.05) is 19.9 Å². The van der Waals surface area contributed by atoms with Gasteiger partial charge in [0.1, 0.15) is 6.61 Å². The van der Waals surface area contributed by atoms with Crippen LogP contribution in [0.25, 0.3) is 0 Å². The summed E-state index contributed by atoms with van der Waals surface area (Å²) in [5.41, 5.74) is 1.72. The van der Waals surface area contributed by atoms with E-state index in [-0.39, 0.29) is 22.7 Å². The van der Waals surface area contributed by atoms with Crippen molar-refractivity contribution >= 4 is 5.97 Å². The number of rotatable bonds is 3. The zero-order valence-corrected chi connectivity index (χ0v) is 14.5. The summed E-state index contributed by atoms with van der Waals surface area (Å²) in [5, 5.41) is 10.9. The van der Waals surface area contributed by atoms with Gasteiger partial charge in [-0.25, -0.2) is 4.79 Å². The summed E-state index contributed by atoms with van der Waals surface area (Å²) >= 11 is 0. The Kier molecular flexibility index (Phi) is 3.64. The van der Waals surface area contributed by atoms with E-state index in [2.05, 4.69) is 13.8 Å². The Hall–Kier alpha value is -1.55. The summed E-state index contributed by atoms with van der Waals surface area (Å²) in [4.78, 5) is 12.2. The maximum Gasteiger partial charge on any atom is 0.334 e. The molecule has 1 saturated carbocycles. The van der Waals surface area contributed by atoms with Crippen molar-refractivity contribution in [2.24, 2.45) is 22.7 Å². The summed E-state index contributed by atoms with van der Waals surface area (Å²) in [6.45, 7) is 5.04. The molecule has 4 nitrogen and oxygen atoms in total. The number of hydrogen-bond donors (Lipinski definition) is 1. The van der Waals surface area contributed by atoms with Crippen LogP contribution in [0.2, 0.25) is 0 Å². The molecule has 1 aromatic heterocycles. The van der Waals surface area contributed by atoms with Crippen LogP contribution in [0, 0.1) is 22.7 Å². The molecular formula is C20H26O4. The average Bonchev–Trinajstić information content (AvgIpc) is 3.18.